The minimum atomic E-state index is -0.654. The van der Waals surface area contributed by atoms with Crippen molar-refractivity contribution in [1.29, 1.82) is 0 Å². The van der Waals surface area contributed by atoms with E-state index >= 15 is 0 Å². The molecule has 0 unspecified atom stereocenters. The highest BCUT2D eigenvalue weighted by molar-refractivity contribution is 5.96. The quantitative estimate of drug-likeness (QED) is 0.439. The van der Waals surface area contributed by atoms with Gasteiger partial charge in [0.25, 0.3) is 5.91 Å². The van der Waals surface area contributed by atoms with E-state index in [1.807, 2.05) is 55.5 Å². The topological polar surface area (TPSA) is 69.0 Å². The third-order valence-corrected chi connectivity index (χ3v) is 5.36. The highest BCUT2D eigenvalue weighted by Gasteiger charge is 2.28. The van der Waals surface area contributed by atoms with Gasteiger partial charge in [0.1, 0.15) is 17.9 Å². The Morgan fingerprint density at radius 2 is 1.81 bits per heavy atom. The fraction of sp³-hybridized carbons (Fsp3) is 0.360. The van der Waals surface area contributed by atoms with Crippen LogP contribution < -0.4 is 4.74 Å². The number of carbonyl (C=O) groups excluding carboxylic acids is 2. The molecule has 0 saturated heterocycles. The molecule has 0 aliphatic heterocycles. The number of carbonyl (C=O) groups is 2. The van der Waals surface area contributed by atoms with Crippen LogP contribution in [-0.4, -0.2) is 36.5 Å². The van der Waals surface area contributed by atoms with E-state index in [0.29, 0.717) is 29.4 Å². The van der Waals surface area contributed by atoms with Crippen LogP contribution in [0.15, 0.2) is 59.0 Å². The van der Waals surface area contributed by atoms with Crippen LogP contribution in [-0.2, 0) is 16.1 Å². The first kappa shape index (κ1) is 21.0. The number of hydrogen-bond acceptors (Lipinski definition) is 5. The molecule has 0 N–H and O–H groups in total. The Hall–Kier alpha value is -3.28. The molecule has 3 aromatic rings. The summed E-state index contributed by atoms with van der Waals surface area (Å²) in [6.07, 6.45) is 3.20. The van der Waals surface area contributed by atoms with Crippen LogP contribution >= 0.6 is 0 Å². The van der Waals surface area contributed by atoms with Crippen molar-refractivity contribution in [2.24, 2.45) is 5.92 Å². The predicted molar refractivity (Wildman–Crippen MR) is 117 cm³/mol. The van der Waals surface area contributed by atoms with Crippen LogP contribution in [0.3, 0.4) is 0 Å². The summed E-state index contributed by atoms with van der Waals surface area (Å²) in [5, 5.41) is 0.790. The molecule has 6 heteroatoms. The fourth-order valence-electron chi connectivity index (χ4n) is 3.56. The van der Waals surface area contributed by atoms with Gasteiger partial charge >= 0.3 is 5.97 Å². The molecule has 1 heterocycles. The molecular formula is C25H27NO5. The summed E-state index contributed by atoms with van der Waals surface area (Å²) < 4.78 is 17.0. The Morgan fingerprint density at radius 1 is 1.06 bits per heavy atom. The van der Waals surface area contributed by atoms with Crippen molar-refractivity contribution in [2.75, 3.05) is 19.7 Å². The number of nitrogens with zero attached hydrogens (tertiary/aromatic N) is 1. The van der Waals surface area contributed by atoms with Crippen molar-refractivity contribution in [1.82, 2.24) is 4.90 Å². The summed E-state index contributed by atoms with van der Waals surface area (Å²) in [5.41, 5.74) is 1.19. The SMILES string of the molecule is CCCN(CC1CC1)C(=O)COC(=O)c1oc2ccccc2c1COc1ccccc1. The van der Waals surface area contributed by atoms with Crippen molar-refractivity contribution < 1.29 is 23.5 Å². The second-order valence-electron chi connectivity index (χ2n) is 7.87. The van der Waals surface area contributed by atoms with E-state index in [0.717, 1.165) is 31.2 Å². The molecule has 0 bridgehead atoms. The van der Waals surface area contributed by atoms with Crippen LogP contribution in [0.1, 0.15) is 42.3 Å². The van der Waals surface area contributed by atoms with Crippen LogP contribution in [0.2, 0.25) is 0 Å². The lowest BCUT2D eigenvalue weighted by Crippen LogP contribution is -2.36. The number of furan rings is 1. The average Bonchev–Trinajstić information content (AvgIpc) is 3.54. The van der Waals surface area contributed by atoms with Crippen LogP contribution in [0.25, 0.3) is 11.0 Å². The van der Waals surface area contributed by atoms with E-state index in [1.165, 1.54) is 0 Å². The molecule has 0 atom stereocenters. The molecule has 1 aliphatic rings. The molecule has 1 aliphatic carbocycles. The smallest absolute Gasteiger partial charge is 0.375 e. The van der Waals surface area contributed by atoms with Crippen molar-refractivity contribution in [3.05, 3.63) is 65.9 Å². The molecule has 1 saturated carbocycles. The molecular weight excluding hydrogens is 394 g/mol. The molecule has 6 nitrogen and oxygen atoms in total. The standard InChI is InChI=1S/C25H27NO5/c1-2-14-26(15-18-12-13-18)23(27)17-30-25(28)24-21(16-29-19-8-4-3-5-9-19)20-10-6-7-11-22(20)31-24/h3-11,18H,2,12-17H2,1H3. The second kappa shape index (κ2) is 9.69. The summed E-state index contributed by atoms with van der Waals surface area (Å²) in [4.78, 5) is 27.2. The lowest BCUT2D eigenvalue weighted by Gasteiger charge is -2.21. The maximum absolute atomic E-state index is 12.8. The monoisotopic (exact) mass is 421 g/mol. The number of rotatable bonds is 10. The van der Waals surface area contributed by atoms with E-state index in [4.69, 9.17) is 13.9 Å². The highest BCUT2D eigenvalue weighted by atomic mass is 16.5. The normalized spacial score (nSPS) is 13.2. The van der Waals surface area contributed by atoms with Gasteiger partial charge in [-0.15, -0.1) is 0 Å². The zero-order valence-electron chi connectivity index (χ0n) is 17.7. The number of fused-ring (bicyclic) bond motifs is 1. The lowest BCUT2D eigenvalue weighted by molar-refractivity contribution is -0.134. The van der Waals surface area contributed by atoms with Gasteiger partial charge in [0.05, 0.1) is 5.56 Å². The van der Waals surface area contributed by atoms with Gasteiger partial charge in [-0.05, 0) is 43.4 Å². The van der Waals surface area contributed by atoms with Gasteiger partial charge in [0, 0.05) is 18.5 Å². The van der Waals surface area contributed by atoms with Gasteiger partial charge in [-0.1, -0.05) is 43.3 Å². The first-order valence-electron chi connectivity index (χ1n) is 10.8. The van der Waals surface area contributed by atoms with Gasteiger partial charge in [0.2, 0.25) is 5.76 Å². The summed E-state index contributed by atoms with van der Waals surface area (Å²) in [6, 6.07) is 16.8. The van der Waals surface area contributed by atoms with E-state index in [1.54, 1.807) is 11.0 Å². The Bertz CT molecular complexity index is 1040. The molecule has 2 aromatic carbocycles. The van der Waals surface area contributed by atoms with Gasteiger partial charge < -0.3 is 18.8 Å². The Kier molecular flexibility index (Phi) is 6.55. The Balaban J connectivity index is 1.47. The van der Waals surface area contributed by atoms with E-state index in [-0.39, 0.29) is 24.9 Å². The van der Waals surface area contributed by atoms with Crippen molar-refractivity contribution in [2.45, 2.75) is 32.8 Å². The molecule has 162 valence electrons. The van der Waals surface area contributed by atoms with Crippen molar-refractivity contribution >= 4 is 22.8 Å². The molecule has 4 rings (SSSR count). The predicted octanol–water partition coefficient (Wildman–Crippen LogP) is 4.82. The van der Waals surface area contributed by atoms with Crippen molar-refractivity contribution in [3.63, 3.8) is 0 Å². The zero-order chi connectivity index (χ0) is 21.6. The Labute approximate surface area is 181 Å². The van der Waals surface area contributed by atoms with Gasteiger partial charge in [-0.25, -0.2) is 4.79 Å². The minimum Gasteiger partial charge on any atom is -0.489 e. The third-order valence-electron chi connectivity index (χ3n) is 5.36. The molecule has 1 fully saturated rings. The number of esters is 1. The largest absolute Gasteiger partial charge is 0.489 e. The van der Waals surface area contributed by atoms with Crippen LogP contribution in [0.5, 0.6) is 5.75 Å². The van der Waals surface area contributed by atoms with E-state index in [2.05, 4.69) is 0 Å². The summed E-state index contributed by atoms with van der Waals surface area (Å²) in [7, 11) is 0. The first-order valence-corrected chi connectivity index (χ1v) is 10.8. The van der Waals surface area contributed by atoms with Crippen LogP contribution in [0.4, 0.5) is 0 Å². The minimum absolute atomic E-state index is 0.0779. The molecule has 31 heavy (non-hydrogen) atoms. The Morgan fingerprint density at radius 3 is 2.55 bits per heavy atom. The van der Waals surface area contributed by atoms with Crippen LogP contribution in [0, 0.1) is 5.92 Å². The van der Waals surface area contributed by atoms with E-state index < -0.39 is 5.97 Å². The molecule has 1 aromatic heterocycles. The first-order chi connectivity index (χ1) is 15.2. The van der Waals surface area contributed by atoms with E-state index in [9.17, 15) is 9.59 Å². The zero-order valence-corrected chi connectivity index (χ0v) is 17.7. The fourth-order valence-corrected chi connectivity index (χ4v) is 3.56. The third kappa shape index (κ3) is 5.26. The summed E-state index contributed by atoms with van der Waals surface area (Å²) in [5.74, 6) is 0.536. The number of amides is 1. The van der Waals surface area contributed by atoms with Gasteiger partial charge in [-0.2, -0.15) is 0 Å². The maximum Gasteiger partial charge on any atom is 0.375 e. The highest BCUT2D eigenvalue weighted by Crippen LogP contribution is 2.30. The number of hydrogen-bond donors (Lipinski definition) is 0. The average molecular weight is 421 g/mol. The summed E-state index contributed by atoms with van der Waals surface area (Å²) >= 11 is 0. The summed E-state index contributed by atoms with van der Waals surface area (Å²) in [6.45, 7) is 3.32. The van der Waals surface area contributed by atoms with Crippen molar-refractivity contribution in [3.8, 4) is 5.75 Å². The maximum atomic E-state index is 12.8. The number of benzene rings is 2. The van der Waals surface area contributed by atoms with Gasteiger partial charge in [-0.3, -0.25) is 4.79 Å². The molecule has 1 amide bonds. The lowest BCUT2D eigenvalue weighted by atomic mass is 10.1. The number of para-hydroxylation sites is 2. The second-order valence-corrected chi connectivity index (χ2v) is 7.87. The number of ether oxygens (including phenoxy) is 2. The molecule has 0 radical (unpaired) electrons. The van der Waals surface area contributed by atoms with Gasteiger partial charge in [0.15, 0.2) is 6.61 Å². The molecule has 0 spiro atoms.